The number of phenols is 1. The van der Waals surface area contributed by atoms with Crippen LogP contribution in [-0.2, 0) is 25.4 Å². The van der Waals surface area contributed by atoms with E-state index in [9.17, 15) is 9.90 Å². The van der Waals surface area contributed by atoms with Crippen LogP contribution in [-0.4, -0.2) is 60.7 Å². The van der Waals surface area contributed by atoms with Crippen molar-refractivity contribution in [3.8, 4) is 40.1 Å². The Morgan fingerprint density at radius 1 is 0.821 bits per heavy atom. The molecule has 39 heavy (non-hydrogen) atoms. The highest BCUT2D eigenvalue weighted by Crippen LogP contribution is 2.41. The average molecular weight is 547 g/mol. The number of aromatic hydroxyl groups is 1. The quantitative estimate of drug-likeness (QED) is 0.212. The lowest BCUT2D eigenvalue weighted by Gasteiger charge is -2.17. The van der Waals surface area contributed by atoms with Gasteiger partial charge in [0.2, 0.25) is 11.2 Å². The highest BCUT2D eigenvalue weighted by atomic mass is 16.7. The van der Waals surface area contributed by atoms with Gasteiger partial charge in [-0.3, -0.25) is 4.79 Å². The first-order valence-corrected chi connectivity index (χ1v) is 12.0. The minimum Gasteiger partial charge on any atom is -0.507 e. The first-order valence-electron chi connectivity index (χ1n) is 12.0. The van der Waals surface area contributed by atoms with Crippen LogP contribution in [0.5, 0.6) is 28.7 Å². The van der Waals surface area contributed by atoms with E-state index in [1.165, 1.54) is 34.5 Å². The van der Waals surface area contributed by atoms with Crippen LogP contribution in [0.1, 0.15) is 19.4 Å². The minimum atomic E-state index is -0.586. The Labute approximate surface area is 226 Å². The highest BCUT2D eigenvalue weighted by molar-refractivity contribution is 5.91. The third-order valence-corrected chi connectivity index (χ3v) is 5.40. The Morgan fingerprint density at radius 3 is 2.03 bits per heavy atom. The summed E-state index contributed by atoms with van der Waals surface area (Å²) >= 11 is 0. The summed E-state index contributed by atoms with van der Waals surface area (Å²) in [4.78, 5) is 13.8. The molecule has 3 rings (SSSR count). The minimum absolute atomic E-state index is 0.00675. The van der Waals surface area contributed by atoms with Crippen LogP contribution in [0.15, 0.2) is 45.1 Å². The van der Waals surface area contributed by atoms with Gasteiger partial charge >= 0.3 is 0 Å². The van der Waals surface area contributed by atoms with Crippen molar-refractivity contribution < 1.29 is 47.4 Å². The number of ether oxygens (including phenoxy) is 8. The number of methoxy groups -OCH3 is 4. The summed E-state index contributed by atoms with van der Waals surface area (Å²) in [5, 5.41) is 10.8. The van der Waals surface area contributed by atoms with Crippen LogP contribution in [0, 0.1) is 0 Å². The lowest BCUT2D eigenvalue weighted by molar-refractivity contribution is 0.0323. The maximum Gasteiger partial charge on any atom is 0.239 e. The van der Waals surface area contributed by atoms with Crippen LogP contribution in [0.3, 0.4) is 0 Å². The van der Waals surface area contributed by atoms with E-state index in [4.69, 9.17) is 42.3 Å². The maximum atomic E-state index is 13.8. The lowest BCUT2D eigenvalue weighted by Crippen LogP contribution is -2.13. The SMILES string of the molecule is COCOc1ccc(-c2oc3c(CC=C(C)C)c(OCOC)cc(O)c3c(=O)c2OCOC)cc1OCOC. The summed E-state index contributed by atoms with van der Waals surface area (Å²) in [7, 11) is 5.90. The largest absolute Gasteiger partial charge is 0.507 e. The average Bonchev–Trinajstić information content (AvgIpc) is 2.92. The van der Waals surface area contributed by atoms with Gasteiger partial charge < -0.3 is 47.4 Å². The third-order valence-electron chi connectivity index (χ3n) is 5.40. The van der Waals surface area contributed by atoms with Crippen LogP contribution in [0.2, 0.25) is 0 Å². The Bertz CT molecular complexity index is 1340. The van der Waals surface area contributed by atoms with Crippen molar-refractivity contribution in [2.75, 3.05) is 55.6 Å². The first-order chi connectivity index (χ1) is 18.9. The summed E-state index contributed by atoms with van der Waals surface area (Å²) in [5.41, 5.74) is 1.59. The van der Waals surface area contributed by atoms with Gasteiger partial charge in [0.25, 0.3) is 0 Å². The second kappa shape index (κ2) is 14.4. The second-order valence-corrected chi connectivity index (χ2v) is 8.52. The molecule has 0 aliphatic heterocycles. The summed E-state index contributed by atoms with van der Waals surface area (Å²) in [5.74, 6) is 0.626. The number of benzene rings is 2. The molecule has 212 valence electrons. The van der Waals surface area contributed by atoms with Gasteiger partial charge in [0.05, 0.1) is 0 Å². The molecule has 0 radical (unpaired) electrons. The molecule has 3 aromatic rings. The van der Waals surface area contributed by atoms with Crippen LogP contribution < -0.4 is 24.4 Å². The topological polar surface area (TPSA) is 124 Å². The van der Waals surface area contributed by atoms with Gasteiger partial charge in [-0.25, -0.2) is 0 Å². The van der Waals surface area contributed by atoms with E-state index in [2.05, 4.69) is 0 Å². The van der Waals surface area contributed by atoms with E-state index in [1.54, 1.807) is 18.2 Å². The number of phenolic OH excluding ortho intramolecular Hbond substituents is 1. The number of hydrogen-bond acceptors (Lipinski definition) is 11. The molecule has 0 spiro atoms. The predicted octanol–water partition coefficient (Wildman–Crippen LogP) is 4.61. The number of hydrogen-bond donors (Lipinski definition) is 1. The third kappa shape index (κ3) is 7.21. The van der Waals surface area contributed by atoms with E-state index in [0.717, 1.165) is 5.57 Å². The van der Waals surface area contributed by atoms with Crippen LogP contribution in [0.25, 0.3) is 22.3 Å². The Morgan fingerprint density at radius 2 is 1.41 bits per heavy atom. The molecule has 0 amide bonds. The van der Waals surface area contributed by atoms with Crippen LogP contribution in [0.4, 0.5) is 0 Å². The van der Waals surface area contributed by atoms with Gasteiger partial charge in [0, 0.05) is 45.6 Å². The molecule has 11 nitrogen and oxygen atoms in total. The van der Waals surface area contributed by atoms with Gasteiger partial charge in [-0.15, -0.1) is 0 Å². The number of fused-ring (bicyclic) bond motifs is 1. The molecular weight excluding hydrogens is 512 g/mol. The summed E-state index contributed by atoms with van der Waals surface area (Å²) < 4.78 is 49.2. The molecule has 11 heteroatoms. The Balaban J connectivity index is 2.34. The normalized spacial score (nSPS) is 10.9. The van der Waals surface area contributed by atoms with E-state index in [0.29, 0.717) is 34.8 Å². The van der Waals surface area contributed by atoms with Crippen molar-refractivity contribution in [3.63, 3.8) is 0 Å². The lowest BCUT2D eigenvalue weighted by atomic mass is 10.0. The molecule has 0 aliphatic rings. The van der Waals surface area contributed by atoms with Crippen molar-refractivity contribution in [2.45, 2.75) is 20.3 Å². The van der Waals surface area contributed by atoms with E-state index < -0.39 is 5.43 Å². The molecule has 0 aliphatic carbocycles. The molecular formula is C28H34O11. The maximum absolute atomic E-state index is 13.8. The van der Waals surface area contributed by atoms with Crippen molar-refractivity contribution in [2.24, 2.45) is 0 Å². The van der Waals surface area contributed by atoms with Crippen LogP contribution >= 0.6 is 0 Å². The standard InChI is InChI=1S/C28H34O11/c1-17(2)7-9-19-22(36-14-32-4)12-20(29)24-25(30)28(38-16-34-6)26(39-27(19)24)18-8-10-21(35-13-31-3)23(11-18)37-15-33-5/h7-8,10-12,29H,9,13-16H2,1-6H3. The van der Waals surface area contributed by atoms with Gasteiger partial charge in [-0.1, -0.05) is 11.6 Å². The van der Waals surface area contributed by atoms with Gasteiger partial charge in [-0.05, 0) is 38.5 Å². The van der Waals surface area contributed by atoms with Crippen molar-refractivity contribution >= 4 is 11.0 Å². The molecule has 0 atom stereocenters. The smallest absolute Gasteiger partial charge is 0.239 e. The van der Waals surface area contributed by atoms with Gasteiger partial charge in [0.15, 0.2) is 44.4 Å². The predicted molar refractivity (Wildman–Crippen MR) is 143 cm³/mol. The van der Waals surface area contributed by atoms with Gasteiger partial charge in [0.1, 0.15) is 22.5 Å². The number of allylic oxidation sites excluding steroid dienone is 2. The van der Waals surface area contributed by atoms with E-state index >= 15 is 0 Å². The molecule has 1 aromatic heterocycles. The first kappa shape index (κ1) is 29.8. The van der Waals surface area contributed by atoms with E-state index in [1.807, 2.05) is 19.9 Å². The van der Waals surface area contributed by atoms with E-state index in [-0.39, 0.29) is 55.4 Å². The van der Waals surface area contributed by atoms with Crippen molar-refractivity contribution in [1.29, 1.82) is 0 Å². The fourth-order valence-corrected chi connectivity index (χ4v) is 3.68. The zero-order valence-electron chi connectivity index (χ0n) is 23.0. The highest BCUT2D eigenvalue weighted by Gasteiger charge is 2.25. The zero-order chi connectivity index (χ0) is 28.4. The molecule has 0 unspecified atom stereocenters. The molecule has 0 saturated carbocycles. The zero-order valence-corrected chi connectivity index (χ0v) is 23.0. The summed E-state index contributed by atoms with van der Waals surface area (Å²) in [6.45, 7) is 3.54. The Kier molecular flexibility index (Phi) is 11.0. The van der Waals surface area contributed by atoms with Gasteiger partial charge in [-0.2, -0.15) is 0 Å². The second-order valence-electron chi connectivity index (χ2n) is 8.52. The number of rotatable bonds is 15. The monoisotopic (exact) mass is 546 g/mol. The molecule has 1 N–H and O–H groups in total. The fraction of sp³-hybridized carbons (Fsp3) is 0.393. The molecule has 1 heterocycles. The summed E-state index contributed by atoms with van der Waals surface area (Å²) in [6.07, 6.45) is 2.32. The molecule has 0 saturated heterocycles. The molecule has 0 fully saturated rings. The molecule has 0 bridgehead atoms. The van der Waals surface area contributed by atoms with Crippen molar-refractivity contribution in [1.82, 2.24) is 0 Å². The summed E-state index contributed by atoms with van der Waals surface area (Å²) in [6, 6.07) is 6.30. The van der Waals surface area contributed by atoms with Crippen molar-refractivity contribution in [3.05, 3.63) is 51.7 Å². The molecule has 2 aromatic carbocycles. The Hall–Kier alpha value is -3.77. The fourth-order valence-electron chi connectivity index (χ4n) is 3.68.